The van der Waals surface area contributed by atoms with Crippen molar-refractivity contribution in [2.75, 3.05) is 0 Å². The Morgan fingerprint density at radius 1 is 1.00 bits per heavy atom. The monoisotopic (exact) mass is 357 g/mol. The molecular formula is C19H14F3N3O. The van der Waals surface area contributed by atoms with Gasteiger partial charge in [0.15, 0.2) is 0 Å². The Morgan fingerprint density at radius 2 is 1.77 bits per heavy atom. The van der Waals surface area contributed by atoms with Crippen LogP contribution >= 0.6 is 0 Å². The minimum atomic E-state index is -4.50. The van der Waals surface area contributed by atoms with Crippen LogP contribution < -0.4 is 5.43 Å². The standard InChI is InChI=1S/C19H14F3N3O/c20-19(21,22)15-7-4-6-14(12-15)18(26)24-23-13-17-10-5-11-25(17)16-8-2-1-3-9-16/h1-13H,(H,24,26)/b23-13+. The van der Waals surface area contributed by atoms with Crippen LogP contribution in [0.4, 0.5) is 13.2 Å². The maximum atomic E-state index is 12.7. The van der Waals surface area contributed by atoms with Crippen LogP contribution in [0.1, 0.15) is 21.6 Å². The van der Waals surface area contributed by atoms with E-state index in [1.807, 2.05) is 47.2 Å². The minimum Gasteiger partial charge on any atom is -0.316 e. The van der Waals surface area contributed by atoms with Gasteiger partial charge in [-0.15, -0.1) is 0 Å². The molecule has 2 aromatic carbocycles. The number of hydrogen-bond donors (Lipinski definition) is 1. The van der Waals surface area contributed by atoms with E-state index in [9.17, 15) is 18.0 Å². The third-order valence-corrected chi connectivity index (χ3v) is 3.63. The number of hydrazone groups is 1. The summed E-state index contributed by atoms with van der Waals surface area (Å²) in [5, 5.41) is 3.84. The van der Waals surface area contributed by atoms with Crippen molar-refractivity contribution >= 4 is 12.1 Å². The van der Waals surface area contributed by atoms with Gasteiger partial charge in [-0.25, -0.2) is 5.43 Å². The molecule has 0 aliphatic carbocycles. The first kappa shape index (κ1) is 17.5. The van der Waals surface area contributed by atoms with Gasteiger partial charge in [0.2, 0.25) is 0 Å². The smallest absolute Gasteiger partial charge is 0.316 e. The number of para-hydroxylation sites is 1. The fourth-order valence-corrected chi connectivity index (χ4v) is 2.38. The molecule has 0 bridgehead atoms. The summed E-state index contributed by atoms with van der Waals surface area (Å²) in [4.78, 5) is 12.0. The van der Waals surface area contributed by atoms with Gasteiger partial charge in [-0.3, -0.25) is 4.79 Å². The second-order valence-corrected chi connectivity index (χ2v) is 5.42. The van der Waals surface area contributed by atoms with E-state index in [0.717, 1.165) is 17.8 Å². The largest absolute Gasteiger partial charge is 0.416 e. The third-order valence-electron chi connectivity index (χ3n) is 3.63. The zero-order valence-corrected chi connectivity index (χ0v) is 13.4. The van der Waals surface area contributed by atoms with Crippen LogP contribution in [0.3, 0.4) is 0 Å². The average Bonchev–Trinajstić information content (AvgIpc) is 3.10. The van der Waals surface area contributed by atoms with Gasteiger partial charge >= 0.3 is 6.18 Å². The van der Waals surface area contributed by atoms with Crippen LogP contribution in [-0.4, -0.2) is 16.7 Å². The molecule has 3 aromatic rings. The molecule has 1 aromatic heterocycles. The summed E-state index contributed by atoms with van der Waals surface area (Å²) in [7, 11) is 0. The van der Waals surface area contributed by atoms with Crippen molar-refractivity contribution in [1.29, 1.82) is 0 Å². The van der Waals surface area contributed by atoms with Crippen molar-refractivity contribution in [3.05, 3.63) is 89.7 Å². The second-order valence-electron chi connectivity index (χ2n) is 5.42. The van der Waals surface area contributed by atoms with Gasteiger partial charge < -0.3 is 4.57 Å². The van der Waals surface area contributed by atoms with E-state index in [1.165, 1.54) is 18.3 Å². The molecule has 0 atom stereocenters. The molecule has 3 rings (SSSR count). The number of nitrogens with zero attached hydrogens (tertiary/aromatic N) is 2. The number of hydrogen-bond acceptors (Lipinski definition) is 2. The molecular weight excluding hydrogens is 343 g/mol. The van der Waals surface area contributed by atoms with Crippen LogP contribution in [0, 0.1) is 0 Å². The van der Waals surface area contributed by atoms with Crippen molar-refractivity contribution < 1.29 is 18.0 Å². The Kier molecular flexibility index (Phi) is 4.88. The van der Waals surface area contributed by atoms with Gasteiger partial charge in [-0.2, -0.15) is 18.3 Å². The van der Waals surface area contributed by atoms with Gasteiger partial charge in [-0.05, 0) is 42.5 Å². The van der Waals surface area contributed by atoms with Crippen molar-refractivity contribution in [3.8, 4) is 5.69 Å². The highest BCUT2D eigenvalue weighted by atomic mass is 19.4. The van der Waals surface area contributed by atoms with Crippen molar-refractivity contribution in [2.24, 2.45) is 5.10 Å². The molecule has 1 heterocycles. The Hall–Kier alpha value is -3.35. The molecule has 26 heavy (non-hydrogen) atoms. The van der Waals surface area contributed by atoms with Crippen LogP contribution in [0.5, 0.6) is 0 Å². The molecule has 0 spiro atoms. The minimum absolute atomic E-state index is 0.115. The van der Waals surface area contributed by atoms with Crippen LogP contribution in [0.2, 0.25) is 0 Å². The predicted octanol–water partition coefficient (Wildman–Crippen LogP) is 4.26. The van der Waals surface area contributed by atoms with Crippen molar-refractivity contribution in [2.45, 2.75) is 6.18 Å². The normalized spacial score (nSPS) is 11.7. The maximum Gasteiger partial charge on any atom is 0.416 e. The highest BCUT2D eigenvalue weighted by Gasteiger charge is 2.30. The second kappa shape index (κ2) is 7.26. The zero-order chi connectivity index (χ0) is 18.6. The van der Waals surface area contributed by atoms with E-state index in [0.29, 0.717) is 5.69 Å². The highest BCUT2D eigenvalue weighted by molar-refractivity contribution is 5.95. The van der Waals surface area contributed by atoms with Gasteiger partial charge in [0.25, 0.3) is 5.91 Å². The van der Waals surface area contributed by atoms with Gasteiger partial charge in [0.05, 0.1) is 17.5 Å². The number of amides is 1. The Balaban J connectivity index is 1.72. The molecule has 0 unspecified atom stereocenters. The molecule has 0 saturated heterocycles. The van der Waals surface area contributed by atoms with Gasteiger partial charge in [0.1, 0.15) is 0 Å². The van der Waals surface area contributed by atoms with Crippen LogP contribution in [-0.2, 0) is 6.18 Å². The highest BCUT2D eigenvalue weighted by Crippen LogP contribution is 2.29. The third kappa shape index (κ3) is 4.00. The number of alkyl halides is 3. The van der Waals surface area contributed by atoms with Gasteiger partial charge in [-0.1, -0.05) is 24.3 Å². The number of halogens is 3. The fraction of sp³-hybridized carbons (Fsp3) is 0.0526. The van der Waals surface area contributed by atoms with E-state index < -0.39 is 17.6 Å². The summed E-state index contributed by atoms with van der Waals surface area (Å²) < 4.78 is 40.0. The van der Waals surface area contributed by atoms with E-state index in [2.05, 4.69) is 10.5 Å². The average molecular weight is 357 g/mol. The quantitative estimate of drug-likeness (QED) is 0.550. The lowest BCUT2D eigenvalue weighted by Crippen LogP contribution is -2.18. The van der Waals surface area contributed by atoms with Crippen molar-refractivity contribution in [1.82, 2.24) is 9.99 Å². The maximum absolute atomic E-state index is 12.7. The molecule has 0 radical (unpaired) electrons. The van der Waals surface area contributed by atoms with E-state index in [1.54, 1.807) is 6.07 Å². The van der Waals surface area contributed by atoms with E-state index in [4.69, 9.17) is 0 Å². The summed E-state index contributed by atoms with van der Waals surface area (Å²) in [6, 6.07) is 17.3. The molecule has 1 amide bonds. The number of carbonyl (C=O) groups is 1. The summed E-state index contributed by atoms with van der Waals surface area (Å²) in [6.07, 6.45) is -1.24. The molecule has 132 valence electrons. The number of benzene rings is 2. The SMILES string of the molecule is O=C(N/N=C/c1cccn1-c1ccccc1)c1cccc(C(F)(F)F)c1. The topological polar surface area (TPSA) is 46.4 Å². The van der Waals surface area contributed by atoms with Crippen LogP contribution in [0.25, 0.3) is 5.69 Å². The Bertz CT molecular complexity index is 930. The number of nitrogens with one attached hydrogen (secondary N) is 1. The first-order valence-corrected chi connectivity index (χ1v) is 7.68. The summed E-state index contributed by atoms with van der Waals surface area (Å²) >= 11 is 0. The van der Waals surface area contributed by atoms with Crippen LogP contribution in [0.15, 0.2) is 78.0 Å². The molecule has 7 heteroatoms. The first-order valence-electron chi connectivity index (χ1n) is 7.68. The number of aromatic nitrogens is 1. The van der Waals surface area contributed by atoms with E-state index in [-0.39, 0.29) is 5.56 Å². The lowest BCUT2D eigenvalue weighted by Gasteiger charge is -2.08. The molecule has 0 aliphatic heterocycles. The van der Waals surface area contributed by atoms with Crippen molar-refractivity contribution in [3.63, 3.8) is 0 Å². The summed E-state index contributed by atoms with van der Waals surface area (Å²) in [5.74, 6) is -0.717. The zero-order valence-electron chi connectivity index (χ0n) is 13.4. The lowest BCUT2D eigenvalue weighted by atomic mass is 10.1. The number of carbonyl (C=O) groups excluding carboxylic acids is 1. The lowest BCUT2D eigenvalue weighted by molar-refractivity contribution is -0.137. The molecule has 0 saturated carbocycles. The summed E-state index contributed by atoms with van der Waals surface area (Å²) in [6.45, 7) is 0. The fourth-order valence-electron chi connectivity index (χ4n) is 2.38. The molecule has 0 fully saturated rings. The van der Waals surface area contributed by atoms with Gasteiger partial charge in [0, 0.05) is 17.4 Å². The first-order chi connectivity index (χ1) is 12.4. The Labute approximate surface area is 147 Å². The molecule has 0 aliphatic rings. The summed E-state index contributed by atoms with van der Waals surface area (Å²) in [5.41, 5.74) is 2.88. The molecule has 4 nitrogen and oxygen atoms in total. The predicted molar refractivity (Wildman–Crippen MR) is 92.3 cm³/mol. The van der Waals surface area contributed by atoms with E-state index >= 15 is 0 Å². The molecule has 1 N–H and O–H groups in total. The Morgan fingerprint density at radius 3 is 2.50 bits per heavy atom. The number of rotatable bonds is 4.